The van der Waals surface area contributed by atoms with Gasteiger partial charge in [-0.05, 0) is 18.1 Å². The van der Waals surface area contributed by atoms with Crippen LogP contribution in [-0.4, -0.2) is 11.2 Å². The van der Waals surface area contributed by atoms with Crippen molar-refractivity contribution in [2.24, 2.45) is 5.73 Å². The molecule has 0 aliphatic carbocycles. The monoisotopic (exact) mass is 313 g/mol. The molecule has 0 aliphatic heterocycles. The van der Waals surface area contributed by atoms with Crippen LogP contribution in [0, 0.1) is 18.6 Å². The van der Waals surface area contributed by atoms with Crippen molar-refractivity contribution in [2.45, 2.75) is 25.5 Å². The third kappa shape index (κ3) is 4.00. The summed E-state index contributed by atoms with van der Waals surface area (Å²) in [5.74, 6) is -1.89. The zero-order valence-corrected chi connectivity index (χ0v) is 12.4. The van der Waals surface area contributed by atoms with E-state index in [9.17, 15) is 13.9 Å². The number of aliphatic hydroxyl groups is 1. The average Bonchev–Trinajstić information content (AvgIpc) is 2.45. The minimum absolute atomic E-state index is 0. The molecule has 0 heterocycles. The van der Waals surface area contributed by atoms with Gasteiger partial charge in [-0.2, -0.15) is 0 Å². The van der Waals surface area contributed by atoms with E-state index in [1.54, 1.807) is 0 Å². The standard InChI is InChI=1S/C16H17F2NO.ClH/c1-10-7-8-12(15(18)14(10)17)16(19)13(20)9-11-5-3-2-4-6-11;/h2-8,13,16,20H,9,19H2,1H3;1H/t13-,16+;/m1./s1. The van der Waals surface area contributed by atoms with Crippen molar-refractivity contribution in [1.82, 2.24) is 0 Å². The molecule has 0 fully saturated rings. The number of aryl methyl sites for hydroxylation is 1. The van der Waals surface area contributed by atoms with E-state index in [1.165, 1.54) is 19.1 Å². The van der Waals surface area contributed by atoms with Gasteiger partial charge in [0, 0.05) is 12.0 Å². The summed E-state index contributed by atoms with van der Waals surface area (Å²) in [5.41, 5.74) is 6.96. The fourth-order valence-electron chi connectivity index (χ4n) is 2.11. The maximum Gasteiger partial charge on any atom is 0.163 e. The minimum atomic E-state index is -0.982. The first-order valence-corrected chi connectivity index (χ1v) is 6.42. The van der Waals surface area contributed by atoms with E-state index in [1.807, 2.05) is 30.3 Å². The topological polar surface area (TPSA) is 46.2 Å². The molecular formula is C16H18ClF2NO. The van der Waals surface area contributed by atoms with Crippen LogP contribution in [0.25, 0.3) is 0 Å². The Bertz CT molecular complexity index is 592. The predicted molar refractivity (Wildman–Crippen MR) is 81.4 cm³/mol. The van der Waals surface area contributed by atoms with Gasteiger partial charge in [-0.15, -0.1) is 12.4 Å². The molecule has 114 valence electrons. The molecular weight excluding hydrogens is 296 g/mol. The Morgan fingerprint density at radius 1 is 1.05 bits per heavy atom. The van der Waals surface area contributed by atoms with Crippen LogP contribution < -0.4 is 5.73 Å². The molecule has 21 heavy (non-hydrogen) atoms. The zero-order valence-electron chi connectivity index (χ0n) is 11.6. The van der Waals surface area contributed by atoms with Crippen molar-refractivity contribution in [3.05, 3.63) is 70.8 Å². The van der Waals surface area contributed by atoms with E-state index in [2.05, 4.69) is 0 Å². The Balaban J connectivity index is 0.00000220. The highest BCUT2D eigenvalue weighted by molar-refractivity contribution is 5.85. The highest BCUT2D eigenvalue weighted by atomic mass is 35.5. The smallest absolute Gasteiger partial charge is 0.163 e. The second-order valence-electron chi connectivity index (χ2n) is 4.88. The fraction of sp³-hybridized carbons (Fsp3) is 0.250. The molecule has 0 saturated heterocycles. The van der Waals surface area contributed by atoms with E-state index in [0.29, 0.717) is 0 Å². The van der Waals surface area contributed by atoms with Crippen LogP contribution >= 0.6 is 12.4 Å². The van der Waals surface area contributed by atoms with Gasteiger partial charge in [-0.1, -0.05) is 42.5 Å². The van der Waals surface area contributed by atoms with E-state index in [-0.39, 0.29) is 30.0 Å². The number of nitrogens with two attached hydrogens (primary N) is 1. The lowest BCUT2D eigenvalue weighted by molar-refractivity contribution is 0.143. The molecule has 3 N–H and O–H groups in total. The molecule has 0 amide bonds. The molecule has 0 aromatic heterocycles. The molecule has 2 atom stereocenters. The quantitative estimate of drug-likeness (QED) is 0.910. The molecule has 2 rings (SSSR count). The summed E-state index contributed by atoms with van der Waals surface area (Å²) in [7, 11) is 0. The maximum atomic E-state index is 13.8. The van der Waals surface area contributed by atoms with Crippen molar-refractivity contribution in [3.63, 3.8) is 0 Å². The highest BCUT2D eigenvalue weighted by Crippen LogP contribution is 2.24. The van der Waals surface area contributed by atoms with Crippen LogP contribution in [0.15, 0.2) is 42.5 Å². The molecule has 0 radical (unpaired) electrons. The Kier molecular flexibility index (Phi) is 6.27. The van der Waals surface area contributed by atoms with Gasteiger partial charge in [0.1, 0.15) is 0 Å². The second kappa shape index (κ2) is 7.50. The summed E-state index contributed by atoms with van der Waals surface area (Å²) >= 11 is 0. The number of rotatable bonds is 4. The molecule has 0 spiro atoms. The highest BCUT2D eigenvalue weighted by Gasteiger charge is 2.22. The summed E-state index contributed by atoms with van der Waals surface area (Å²) in [5, 5.41) is 10.1. The number of hydrogen-bond acceptors (Lipinski definition) is 2. The molecule has 0 aliphatic rings. The van der Waals surface area contributed by atoms with Crippen LogP contribution in [0.3, 0.4) is 0 Å². The second-order valence-corrected chi connectivity index (χ2v) is 4.88. The number of hydrogen-bond donors (Lipinski definition) is 2. The fourth-order valence-corrected chi connectivity index (χ4v) is 2.11. The van der Waals surface area contributed by atoms with Gasteiger partial charge in [-0.25, -0.2) is 8.78 Å². The van der Waals surface area contributed by atoms with Gasteiger partial charge >= 0.3 is 0 Å². The van der Waals surface area contributed by atoms with E-state index in [0.717, 1.165) is 5.56 Å². The number of aliphatic hydroxyl groups excluding tert-OH is 1. The van der Waals surface area contributed by atoms with Crippen molar-refractivity contribution < 1.29 is 13.9 Å². The lowest BCUT2D eigenvalue weighted by Crippen LogP contribution is -2.29. The van der Waals surface area contributed by atoms with Crippen LogP contribution in [0.4, 0.5) is 8.78 Å². The van der Waals surface area contributed by atoms with Gasteiger partial charge in [0.2, 0.25) is 0 Å². The molecule has 0 saturated carbocycles. The largest absolute Gasteiger partial charge is 0.391 e. The van der Waals surface area contributed by atoms with Gasteiger partial charge in [0.15, 0.2) is 11.6 Å². The predicted octanol–water partition coefficient (Wildman–Crippen LogP) is 3.30. The van der Waals surface area contributed by atoms with Crippen LogP contribution in [-0.2, 0) is 6.42 Å². The average molecular weight is 314 g/mol. The lowest BCUT2D eigenvalue weighted by atomic mass is 9.95. The Morgan fingerprint density at radius 2 is 1.67 bits per heavy atom. The Hall–Kier alpha value is -1.49. The summed E-state index contributed by atoms with van der Waals surface area (Å²) < 4.78 is 27.4. The van der Waals surface area contributed by atoms with E-state index in [4.69, 9.17) is 5.73 Å². The van der Waals surface area contributed by atoms with Gasteiger partial charge in [-0.3, -0.25) is 0 Å². The summed E-state index contributed by atoms with van der Waals surface area (Å²) in [6.45, 7) is 1.48. The third-order valence-electron chi connectivity index (χ3n) is 3.37. The number of halogens is 3. The van der Waals surface area contributed by atoms with Crippen molar-refractivity contribution >= 4 is 12.4 Å². The van der Waals surface area contributed by atoms with Gasteiger partial charge < -0.3 is 10.8 Å². The summed E-state index contributed by atoms with van der Waals surface area (Å²) in [6.07, 6.45) is -0.689. The molecule has 0 unspecified atom stereocenters. The molecule has 2 aromatic carbocycles. The van der Waals surface area contributed by atoms with Crippen molar-refractivity contribution in [3.8, 4) is 0 Å². The molecule has 2 aromatic rings. The van der Waals surface area contributed by atoms with Crippen molar-refractivity contribution in [2.75, 3.05) is 0 Å². The molecule has 5 heteroatoms. The van der Waals surface area contributed by atoms with Crippen LogP contribution in [0.1, 0.15) is 22.7 Å². The first-order valence-electron chi connectivity index (χ1n) is 6.42. The Morgan fingerprint density at radius 3 is 2.29 bits per heavy atom. The first-order chi connectivity index (χ1) is 9.50. The summed E-state index contributed by atoms with van der Waals surface area (Å²) in [4.78, 5) is 0. The normalized spacial score (nSPS) is 13.4. The van der Waals surface area contributed by atoms with Gasteiger partial charge in [0.05, 0.1) is 12.1 Å². The summed E-state index contributed by atoms with van der Waals surface area (Å²) in [6, 6.07) is 11.2. The molecule has 0 bridgehead atoms. The van der Waals surface area contributed by atoms with Crippen molar-refractivity contribution in [1.29, 1.82) is 0 Å². The lowest BCUT2D eigenvalue weighted by Gasteiger charge is -2.20. The van der Waals surface area contributed by atoms with Crippen LogP contribution in [0.5, 0.6) is 0 Å². The van der Waals surface area contributed by atoms with E-state index >= 15 is 0 Å². The number of benzene rings is 2. The maximum absolute atomic E-state index is 13.8. The third-order valence-corrected chi connectivity index (χ3v) is 3.37. The first kappa shape index (κ1) is 17.6. The minimum Gasteiger partial charge on any atom is -0.391 e. The van der Waals surface area contributed by atoms with E-state index < -0.39 is 23.8 Å². The van der Waals surface area contributed by atoms with Gasteiger partial charge in [0.25, 0.3) is 0 Å². The Labute approximate surface area is 129 Å². The molecule has 2 nitrogen and oxygen atoms in total. The zero-order chi connectivity index (χ0) is 14.7. The van der Waals surface area contributed by atoms with Crippen LogP contribution in [0.2, 0.25) is 0 Å². The SMILES string of the molecule is Cc1ccc([C@H](N)[C@H](O)Cc2ccccc2)c(F)c1F.Cl.